The fraction of sp³-hybridized carbons (Fsp3) is 0.375. The summed E-state index contributed by atoms with van der Waals surface area (Å²) in [7, 11) is 0. The van der Waals surface area contributed by atoms with Crippen molar-refractivity contribution in [3.05, 3.63) is 65.7 Å². The number of aromatic amines is 1. The summed E-state index contributed by atoms with van der Waals surface area (Å²) in [5.41, 5.74) is 4.13. The Morgan fingerprint density at radius 3 is 2.10 bits per heavy atom. The lowest BCUT2D eigenvalue weighted by molar-refractivity contribution is 0.489. The number of rotatable bonds is 4. The van der Waals surface area contributed by atoms with E-state index in [1.54, 1.807) is 0 Å². The molecule has 0 spiro atoms. The Morgan fingerprint density at radius 2 is 1.52 bits per heavy atom. The van der Waals surface area contributed by atoms with E-state index in [1.807, 2.05) is 22.9 Å². The summed E-state index contributed by atoms with van der Waals surface area (Å²) < 4.78 is 2.04. The topological polar surface area (TPSA) is 85.2 Å². The normalized spacial score (nSPS) is 12.3. The van der Waals surface area contributed by atoms with Crippen LogP contribution in [0.15, 0.2) is 48.5 Å². The quantitative estimate of drug-likeness (QED) is 0.519. The van der Waals surface area contributed by atoms with Crippen LogP contribution in [0.1, 0.15) is 58.8 Å². The van der Waals surface area contributed by atoms with Gasteiger partial charge in [0.1, 0.15) is 5.82 Å². The molecule has 31 heavy (non-hydrogen) atoms. The van der Waals surface area contributed by atoms with Crippen LogP contribution in [0, 0.1) is 0 Å². The smallest absolute Gasteiger partial charge is 0.205 e. The van der Waals surface area contributed by atoms with Crippen molar-refractivity contribution in [3.63, 3.8) is 0 Å². The van der Waals surface area contributed by atoms with E-state index in [1.165, 1.54) is 5.56 Å². The van der Waals surface area contributed by atoms with Crippen molar-refractivity contribution in [3.8, 4) is 22.5 Å². The number of hydrogen-bond donors (Lipinski definition) is 1. The minimum Gasteiger partial charge on any atom is -0.245 e. The van der Waals surface area contributed by atoms with E-state index in [0.29, 0.717) is 12.4 Å². The molecule has 2 aromatic heterocycles. The summed E-state index contributed by atoms with van der Waals surface area (Å²) >= 11 is 0. The van der Waals surface area contributed by atoms with Crippen molar-refractivity contribution in [2.75, 3.05) is 0 Å². The van der Waals surface area contributed by atoms with Gasteiger partial charge in [-0.1, -0.05) is 90.1 Å². The van der Waals surface area contributed by atoms with Crippen LogP contribution in [0.3, 0.4) is 0 Å². The predicted molar refractivity (Wildman–Crippen MR) is 122 cm³/mol. The molecular weight excluding hydrogens is 386 g/mol. The molecule has 1 N–H and O–H groups in total. The summed E-state index contributed by atoms with van der Waals surface area (Å²) in [6, 6.07) is 16.6. The van der Waals surface area contributed by atoms with E-state index < -0.39 is 0 Å². The highest BCUT2D eigenvalue weighted by atomic mass is 15.5. The lowest BCUT2D eigenvalue weighted by atomic mass is 9.94. The van der Waals surface area contributed by atoms with E-state index >= 15 is 0 Å². The van der Waals surface area contributed by atoms with Gasteiger partial charge >= 0.3 is 0 Å². The van der Waals surface area contributed by atoms with Crippen LogP contribution in [-0.2, 0) is 17.4 Å². The highest BCUT2D eigenvalue weighted by Gasteiger charge is 2.27. The first-order valence-electron chi connectivity index (χ1n) is 10.5. The monoisotopic (exact) mass is 415 g/mol. The van der Waals surface area contributed by atoms with Gasteiger partial charge < -0.3 is 0 Å². The third kappa shape index (κ3) is 4.40. The van der Waals surface area contributed by atoms with E-state index in [2.05, 4.69) is 92.5 Å². The van der Waals surface area contributed by atoms with Gasteiger partial charge in [-0.05, 0) is 21.9 Å². The first-order valence-corrected chi connectivity index (χ1v) is 10.5. The zero-order valence-electron chi connectivity index (χ0n) is 19.0. The summed E-state index contributed by atoms with van der Waals surface area (Å²) in [6.07, 6.45) is 0. The van der Waals surface area contributed by atoms with Crippen LogP contribution in [-0.4, -0.2) is 35.4 Å². The van der Waals surface area contributed by atoms with Gasteiger partial charge in [-0.2, -0.15) is 10.3 Å². The molecule has 0 saturated carbocycles. The molecular formula is C24H29N7. The van der Waals surface area contributed by atoms with Gasteiger partial charge in [-0.15, -0.1) is 10.2 Å². The largest absolute Gasteiger partial charge is 0.245 e. The standard InChI is InChI=1S/C24H29N7/c1-23(2,3)21-25-22(24(4,5)6)31(28-21)15-16-11-13-17(14-12-16)18-9-7-8-10-19(18)20-26-29-30-27-20/h7-14H,15H2,1-6H3,(H,26,27,29,30). The average molecular weight is 416 g/mol. The second-order valence-electron chi connectivity index (χ2n) is 9.89. The minimum atomic E-state index is -0.0893. The molecule has 2 heterocycles. The molecule has 7 nitrogen and oxygen atoms in total. The van der Waals surface area contributed by atoms with Crippen LogP contribution in [0.2, 0.25) is 0 Å². The molecule has 0 bridgehead atoms. The molecule has 0 aliphatic heterocycles. The van der Waals surface area contributed by atoms with E-state index in [0.717, 1.165) is 28.3 Å². The third-order valence-corrected chi connectivity index (χ3v) is 5.12. The van der Waals surface area contributed by atoms with Crippen molar-refractivity contribution >= 4 is 0 Å². The molecule has 0 aliphatic carbocycles. The Kier molecular flexibility index (Phi) is 5.21. The maximum absolute atomic E-state index is 4.88. The molecule has 4 aromatic rings. The molecule has 0 radical (unpaired) electrons. The number of benzene rings is 2. The summed E-state index contributed by atoms with van der Waals surface area (Å²) in [4.78, 5) is 4.88. The predicted octanol–water partition coefficient (Wildman–Crippen LogP) is 4.77. The number of nitrogens with one attached hydrogen (secondary N) is 1. The SMILES string of the molecule is CC(C)(C)c1nc(C(C)(C)C)n(Cc2ccc(-c3ccccc3-c3nn[nH]n3)cc2)n1. The van der Waals surface area contributed by atoms with Crippen molar-refractivity contribution in [1.29, 1.82) is 0 Å². The highest BCUT2D eigenvalue weighted by molar-refractivity contribution is 5.80. The van der Waals surface area contributed by atoms with Gasteiger partial charge in [-0.3, -0.25) is 0 Å². The van der Waals surface area contributed by atoms with Gasteiger partial charge in [0.25, 0.3) is 0 Å². The van der Waals surface area contributed by atoms with Gasteiger partial charge in [0.2, 0.25) is 5.82 Å². The molecule has 0 atom stereocenters. The van der Waals surface area contributed by atoms with Gasteiger partial charge in [0, 0.05) is 16.4 Å². The fourth-order valence-corrected chi connectivity index (χ4v) is 3.49. The molecule has 0 amide bonds. The zero-order valence-corrected chi connectivity index (χ0v) is 19.0. The Balaban J connectivity index is 1.65. The summed E-state index contributed by atoms with van der Waals surface area (Å²) in [6.45, 7) is 13.7. The molecule has 7 heteroatoms. The maximum atomic E-state index is 4.88. The summed E-state index contributed by atoms with van der Waals surface area (Å²) in [5, 5.41) is 19.3. The Bertz CT molecular complexity index is 1160. The number of hydrogen-bond acceptors (Lipinski definition) is 5. The van der Waals surface area contributed by atoms with E-state index in [9.17, 15) is 0 Å². The van der Waals surface area contributed by atoms with Crippen LogP contribution in [0.25, 0.3) is 22.5 Å². The number of tetrazole rings is 1. The van der Waals surface area contributed by atoms with E-state index in [-0.39, 0.29) is 10.8 Å². The second-order valence-corrected chi connectivity index (χ2v) is 9.89. The third-order valence-electron chi connectivity index (χ3n) is 5.12. The number of H-pyrrole nitrogens is 1. The Morgan fingerprint density at radius 1 is 0.839 bits per heavy atom. The van der Waals surface area contributed by atoms with Crippen LogP contribution >= 0.6 is 0 Å². The molecule has 0 saturated heterocycles. The van der Waals surface area contributed by atoms with Crippen molar-refractivity contribution < 1.29 is 0 Å². The average Bonchev–Trinajstić information content (AvgIpc) is 3.38. The molecule has 0 unspecified atom stereocenters. The molecule has 0 aliphatic rings. The van der Waals surface area contributed by atoms with Gasteiger partial charge in [-0.25, -0.2) is 9.67 Å². The second kappa shape index (κ2) is 7.72. The molecule has 160 valence electrons. The van der Waals surface area contributed by atoms with Crippen molar-refractivity contribution in [2.45, 2.75) is 58.9 Å². The molecule has 4 rings (SSSR count). The van der Waals surface area contributed by atoms with Gasteiger partial charge in [0.05, 0.1) is 6.54 Å². The lowest BCUT2D eigenvalue weighted by Crippen LogP contribution is -2.20. The van der Waals surface area contributed by atoms with Crippen LogP contribution < -0.4 is 0 Å². The first kappa shape index (κ1) is 20.9. The van der Waals surface area contributed by atoms with Crippen LogP contribution in [0.5, 0.6) is 0 Å². The Labute approximate surface area is 182 Å². The van der Waals surface area contributed by atoms with Crippen molar-refractivity contribution in [2.24, 2.45) is 0 Å². The van der Waals surface area contributed by atoms with Gasteiger partial charge in [0.15, 0.2) is 5.82 Å². The number of nitrogens with zero attached hydrogens (tertiary/aromatic N) is 6. The molecule has 0 fully saturated rings. The zero-order chi connectivity index (χ0) is 22.2. The van der Waals surface area contributed by atoms with Crippen LogP contribution in [0.4, 0.5) is 0 Å². The van der Waals surface area contributed by atoms with Crippen molar-refractivity contribution in [1.82, 2.24) is 35.4 Å². The van der Waals surface area contributed by atoms with E-state index in [4.69, 9.17) is 10.1 Å². The lowest BCUT2D eigenvalue weighted by Gasteiger charge is -2.18. The number of aromatic nitrogens is 7. The Hall–Kier alpha value is -3.35. The summed E-state index contributed by atoms with van der Waals surface area (Å²) in [5.74, 6) is 2.47. The molecule has 2 aromatic carbocycles. The highest BCUT2D eigenvalue weighted by Crippen LogP contribution is 2.30. The fourth-order valence-electron chi connectivity index (χ4n) is 3.49. The first-order chi connectivity index (χ1) is 14.6. The minimum absolute atomic E-state index is 0.0834. The maximum Gasteiger partial charge on any atom is 0.205 e.